The first-order valence-corrected chi connectivity index (χ1v) is 9.97. The molecule has 4 rings (SSSR count). The van der Waals surface area contributed by atoms with Gasteiger partial charge in [-0.05, 0) is 67.5 Å². The van der Waals surface area contributed by atoms with Crippen LogP contribution in [0.5, 0.6) is 5.75 Å². The van der Waals surface area contributed by atoms with Crippen molar-refractivity contribution in [2.45, 2.75) is 37.8 Å². The molecule has 1 saturated carbocycles. The first kappa shape index (κ1) is 18.3. The number of carbonyl (C=O) groups excluding carboxylic acids is 1. The molecule has 142 valence electrons. The Balaban J connectivity index is 1.42. The van der Waals surface area contributed by atoms with Crippen molar-refractivity contribution >= 4 is 17.5 Å². The van der Waals surface area contributed by atoms with Gasteiger partial charge in [0, 0.05) is 17.2 Å². The molecule has 4 nitrogen and oxygen atoms in total. The summed E-state index contributed by atoms with van der Waals surface area (Å²) in [4.78, 5) is 12.8. The first-order chi connectivity index (χ1) is 13.2. The van der Waals surface area contributed by atoms with Crippen LogP contribution in [0, 0.1) is 5.92 Å². The number of benzene rings is 2. The molecule has 5 heteroatoms. The average Bonchev–Trinajstić information content (AvgIpc) is 3.40. The summed E-state index contributed by atoms with van der Waals surface area (Å²) in [5.74, 6) is 1.12. The second-order valence-electron chi connectivity index (χ2n) is 7.31. The van der Waals surface area contributed by atoms with Gasteiger partial charge in [0.05, 0.1) is 12.1 Å². The minimum atomic E-state index is -0.0792. The number of carbonyl (C=O) groups is 1. The smallest absolute Gasteiger partial charge is 0.251 e. The second-order valence-corrected chi connectivity index (χ2v) is 7.75. The molecule has 1 amide bonds. The van der Waals surface area contributed by atoms with Gasteiger partial charge in [-0.2, -0.15) is 0 Å². The van der Waals surface area contributed by atoms with Crippen molar-refractivity contribution in [1.29, 1.82) is 0 Å². The SMILES string of the molecule is O=C(NC(c1ccc(Cl)cc1)C1CC1)c1cccc(OCC2CCCO2)c1. The van der Waals surface area contributed by atoms with E-state index in [1.165, 1.54) is 0 Å². The predicted octanol–water partition coefficient (Wildman–Crippen LogP) is 4.78. The Bertz CT molecular complexity index is 782. The summed E-state index contributed by atoms with van der Waals surface area (Å²) in [6.07, 6.45) is 4.55. The summed E-state index contributed by atoms with van der Waals surface area (Å²) >= 11 is 6.00. The Morgan fingerprint density at radius 1 is 1.19 bits per heavy atom. The van der Waals surface area contributed by atoms with E-state index in [2.05, 4.69) is 5.32 Å². The standard InChI is InChI=1S/C22H24ClNO3/c23-18-10-8-16(9-11-18)21(15-6-7-15)24-22(25)17-3-1-4-19(13-17)27-14-20-5-2-12-26-20/h1,3-4,8-11,13,15,20-21H,2,5-7,12,14H2,(H,24,25). The number of halogens is 1. The molecule has 0 radical (unpaired) electrons. The van der Waals surface area contributed by atoms with E-state index in [0.29, 0.717) is 28.9 Å². The van der Waals surface area contributed by atoms with Crippen molar-refractivity contribution in [3.63, 3.8) is 0 Å². The Hall–Kier alpha value is -2.04. The maximum absolute atomic E-state index is 12.8. The molecule has 2 unspecified atom stereocenters. The molecule has 2 fully saturated rings. The van der Waals surface area contributed by atoms with Crippen LogP contribution in [0.2, 0.25) is 5.02 Å². The number of amides is 1. The van der Waals surface area contributed by atoms with Crippen LogP contribution in [0.1, 0.15) is 47.6 Å². The zero-order valence-electron chi connectivity index (χ0n) is 15.2. The lowest BCUT2D eigenvalue weighted by Gasteiger charge is -2.19. The van der Waals surface area contributed by atoms with E-state index in [-0.39, 0.29) is 18.1 Å². The van der Waals surface area contributed by atoms with Crippen LogP contribution in [-0.4, -0.2) is 25.2 Å². The lowest BCUT2D eigenvalue weighted by Crippen LogP contribution is -2.29. The topological polar surface area (TPSA) is 47.6 Å². The average molecular weight is 386 g/mol. The minimum absolute atomic E-state index is 0.0197. The second kappa shape index (κ2) is 8.32. The van der Waals surface area contributed by atoms with Gasteiger partial charge in [-0.3, -0.25) is 4.79 Å². The van der Waals surface area contributed by atoms with Crippen molar-refractivity contribution in [2.24, 2.45) is 5.92 Å². The summed E-state index contributed by atoms with van der Waals surface area (Å²) in [5.41, 5.74) is 1.71. The van der Waals surface area contributed by atoms with E-state index in [1.54, 1.807) is 6.07 Å². The van der Waals surface area contributed by atoms with E-state index in [1.807, 2.05) is 42.5 Å². The number of hydrogen-bond donors (Lipinski definition) is 1. The van der Waals surface area contributed by atoms with E-state index in [9.17, 15) is 4.79 Å². The number of rotatable bonds is 7. The van der Waals surface area contributed by atoms with Gasteiger partial charge < -0.3 is 14.8 Å². The van der Waals surface area contributed by atoms with Crippen LogP contribution in [0.25, 0.3) is 0 Å². The summed E-state index contributed by atoms with van der Waals surface area (Å²) in [7, 11) is 0. The zero-order valence-corrected chi connectivity index (χ0v) is 16.0. The Morgan fingerprint density at radius 3 is 2.70 bits per heavy atom. The third kappa shape index (κ3) is 4.82. The van der Waals surface area contributed by atoms with Crippen molar-refractivity contribution in [2.75, 3.05) is 13.2 Å². The quantitative estimate of drug-likeness (QED) is 0.746. The molecule has 2 aromatic carbocycles. The van der Waals surface area contributed by atoms with Crippen molar-refractivity contribution in [3.8, 4) is 5.75 Å². The molecule has 2 aliphatic rings. The summed E-state index contributed by atoms with van der Waals surface area (Å²) in [6, 6.07) is 15.1. The summed E-state index contributed by atoms with van der Waals surface area (Å²) in [6.45, 7) is 1.34. The van der Waals surface area contributed by atoms with Crippen molar-refractivity contribution in [3.05, 3.63) is 64.7 Å². The van der Waals surface area contributed by atoms with E-state index in [0.717, 1.165) is 37.9 Å². The van der Waals surface area contributed by atoms with Crippen LogP contribution in [0.4, 0.5) is 0 Å². The zero-order chi connectivity index (χ0) is 18.6. The van der Waals surface area contributed by atoms with Crippen LogP contribution in [0.15, 0.2) is 48.5 Å². The number of ether oxygens (including phenoxy) is 2. The molecular weight excluding hydrogens is 362 g/mol. The number of nitrogens with one attached hydrogen (secondary N) is 1. The van der Waals surface area contributed by atoms with E-state index >= 15 is 0 Å². The molecule has 0 aromatic heterocycles. The van der Waals surface area contributed by atoms with Gasteiger partial charge in [0.1, 0.15) is 12.4 Å². The fourth-order valence-electron chi connectivity index (χ4n) is 3.49. The molecule has 0 spiro atoms. The molecular formula is C22H24ClNO3. The normalized spacial score (nSPS) is 20.3. The lowest BCUT2D eigenvalue weighted by atomic mass is 10.0. The first-order valence-electron chi connectivity index (χ1n) is 9.60. The summed E-state index contributed by atoms with van der Waals surface area (Å²) in [5, 5.41) is 3.90. The third-order valence-electron chi connectivity index (χ3n) is 5.17. The molecule has 27 heavy (non-hydrogen) atoms. The largest absolute Gasteiger partial charge is 0.491 e. The van der Waals surface area contributed by atoms with Gasteiger partial charge in [-0.25, -0.2) is 0 Å². The summed E-state index contributed by atoms with van der Waals surface area (Å²) < 4.78 is 11.4. The number of hydrogen-bond acceptors (Lipinski definition) is 3. The lowest BCUT2D eigenvalue weighted by molar-refractivity contribution is 0.0679. The maximum atomic E-state index is 12.8. The fourth-order valence-corrected chi connectivity index (χ4v) is 3.62. The van der Waals surface area contributed by atoms with Crippen LogP contribution in [-0.2, 0) is 4.74 Å². The van der Waals surface area contributed by atoms with E-state index in [4.69, 9.17) is 21.1 Å². The minimum Gasteiger partial charge on any atom is -0.491 e. The van der Waals surface area contributed by atoms with Crippen LogP contribution >= 0.6 is 11.6 Å². The predicted molar refractivity (Wildman–Crippen MR) is 105 cm³/mol. The Labute approximate surface area is 164 Å². The van der Waals surface area contributed by atoms with E-state index < -0.39 is 0 Å². The molecule has 1 heterocycles. The monoisotopic (exact) mass is 385 g/mol. The highest BCUT2D eigenvalue weighted by atomic mass is 35.5. The molecule has 0 bridgehead atoms. The van der Waals surface area contributed by atoms with Crippen molar-refractivity contribution in [1.82, 2.24) is 5.32 Å². The molecule has 1 aliphatic heterocycles. The van der Waals surface area contributed by atoms with Gasteiger partial charge in [0.2, 0.25) is 0 Å². The maximum Gasteiger partial charge on any atom is 0.251 e. The molecule has 1 aliphatic carbocycles. The highest BCUT2D eigenvalue weighted by Gasteiger charge is 2.33. The van der Waals surface area contributed by atoms with Gasteiger partial charge in [-0.15, -0.1) is 0 Å². The van der Waals surface area contributed by atoms with Gasteiger partial charge in [-0.1, -0.05) is 29.8 Å². The van der Waals surface area contributed by atoms with Crippen LogP contribution < -0.4 is 10.1 Å². The third-order valence-corrected chi connectivity index (χ3v) is 5.42. The molecule has 1 saturated heterocycles. The fraction of sp³-hybridized carbons (Fsp3) is 0.409. The van der Waals surface area contributed by atoms with Crippen LogP contribution in [0.3, 0.4) is 0 Å². The van der Waals surface area contributed by atoms with Gasteiger partial charge in [0.25, 0.3) is 5.91 Å². The van der Waals surface area contributed by atoms with Gasteiger partial charge in [0.15, 0.2) is 0 Å². The highest BCUT2D eigenvalue weighted by molar-refractivity contribution is 6.30. The Kier molecular flexibility index (Phi) is 5.65. The molecule has 1 N–H and O–H groups in total. The van der Waals surface area contributed by atoms with Crippen molar-refractivity contribution < 1.29 is 14.3 Å². The van der Waals surface area contributed by atoms with Gasteiger partial charge >= 0.3 is 0 Å². The Morgan fingerprint density at radius 2 is 2.00 bits per heavy atom. The molecule has 2 aromatic rings. The highest BCUT2D eigenvalue weighted by Crippen LogP contribution is 2.41. The molecule has 2 atom stereocenters.